The second kappa shape index (κ2) is 4.82. The molecule has 1 amide bonds. The van der Waals surface area contributed by atoms with Crippen LogP contribution in [0.5, 0.6) is 0 Å². The monoisotopic (exact) mass is 284 g/mol. The van der Waals surface area contributed by atoms with E-state index < -0.39 is 10.0 Å². The maximum atomic E-state index is 11.9. The van der Waals surface area contributed by atoms with Crippen LogP contribution in [-0.4, -0.2) is 46.3 Å². The van der Waals surface area contributed by atoms with E-state index >= 15 is 0 Å². The van der Waals surface area contributed by atoms with Crippen molar-refractivity contribution in [3.05, 3.63) is 29.3 Å². The molecule has 0 saturated heterocycles. The molecular formula is C12H16N2O4S. The molecule has 7 heteroatoms. The highest BCUT2D eigenvalue weighted by Gasteiger charge is 2.27. The predicted molar refractivity (Wildman–Crippen MR) is 71.4 cm³/mol. The van der Waals surface area contributed by atoms with Crippen LogP contribution in [0, 0.1) is 0 Å². The first-order valence-electron chi connectivity index (χ1n) is 5.77. The Morgan fingerprint density at radius 2 is 2.11 bits per heavy atom. The van der Waals surface area contributed by atoms with Gasteiger partial charge >= 0.3 is 0 Å². The van der Waals surface area contributed by atoms with Crippen molar-refractivity contribution in [2.45, 2.75) is 6.42 Å². The van der Waals surface area contributed by atoms with E-state index in [4.69, 9.17) is 4.84 Å². The molecule has 0 atom stereocenters. The highest BCUT2D eigenvalue weighted by atomic mass is 32.2. The fourth-order valence-electron chi connectivity index (χ4n) is 2.11. The van der Waals surface area contributed by atoms with Gasteiger partial charge in [-0.15, -0.1) is 0 Å². The van der Waals surface area contributed by atoms with Gasteiger partial charge in [0.15, 0.2) is 0 Å². The second-order valence-electron chi connectivity index (χ2n) is 4.41. The number of amides is 1. The average Bonchev–Trinajstić information content (AvgIpc) is 2.79. The smallest absolute Gasteiger partial charge is 0.274 e. The van der Waals surface area contributed by atoms with Crippen molar-refractivity contribution >= 4 is 21.6 Å². The standard InChI is InChI=1S/C12H16N2O4S/c1-13(18-2)12(15)10-4-5-11-9(8-10)6-7-14(11)19(3,16)17/h4-5,8H,6-7H2,1-3H3. The SMILES string of the molecule is CON(C)C(=O)c1ccc2c(c1)CCN2S(C)(=O)=O. The number of hydroxylamine groups is 2. The van der Waals surface area contributed by atoms with E-state index in [-0.39, 0.29) is 5.91 Å². The summed E-state index contributed by atoms with van der Waals surface area (Å²) in [6.45, 7) is 0.423. The molecule has 0 radical (unpaired) electrons. The van der Waals surface area contributed by atoms with E-state index in [1.165, 1.54) is 24.7 Å². The van der Waals surface area contributed by atoms with Crippen LogP contribution in [0.3, 0.4) is 0 Å². The van der Waals surface area contributed by atoms with Crippen LogP contribution in [0.4, 0.5) is 5.69 Å². The van der Waals surface area contributed by atoms with Crippen molar-refractivity contribution in [3.63, 3.8) is 0 Å². The lowest BCUT2D eigenvalue weighted by Crippen LogP contribution is -2.27. The van der Waals surface area contributed by atoms with Gasteiger partial charge in [-0.2, -0.15) is 0 Å². The summed E-state index contributed by atoms with van der Waals surface area (Å²) >= 11 is 0. The van der Waals surface area contributed by atoms with E-state index in [0.717, 1.165) is 10.6 Å². The van der Waals surface area contributed by atoms with Gasteiger partial charge in [0.2, 0.25) is 10.0 Å². The zero-order valence-electron chi connectivity index (χ0n) is 11.1. The maximum Gasteiger partial charge on any atom is 0.277 e. The number of fused-ring (bicyclic) bond motifs is 1. The van der Waals surface area contributed by atoms with E-state index in [2.05, 4.69) is 0 Å². The topological polar surface area (TPSA) is 66.9 Å². The fourth-order valence-corrected chi connectivity index (χ4v) is 3.07. The molecule has 0 spiro atoms. The van der Waals surface area contributed by atoms with Crippen molar-refractivity contribution < 1.29 is 18.0 Å². The van der Waals surface area contributed by atoms with Gasteiger partial charge in [0.1, 0.15) is 0 Å². The molecule has 1 aromatic carbocycles. The molecule has 0 bridgehead atoms. The lowest BCUT2D eigenvalue weighted by molar-refractivity contribution is -0.0757. The first-order valence-corrected chi connectivity index (χ1v) is 7.62. The van der Waals surface area contributed by atoms with Crippen molar-refractivity contribution in [2.75, 3.05) is 31.3 Å². The van der Waals surface area contributed by atoms with Crippen molar-refractivity contribution in [2.24, 2.45) is 0 Å². The molecule has 19 heavy (non-hydrogen) atoms. The summed E-state index contributed by atoms with van der Waals surface area (Å²) in [5.74, 6) is -0.261. The molecule has 0 N–H and O–H groups in total. The number of anilines is 1. The van der Waals surface area contributed by atoms with Gasteiger partial charge in [-0.25, -0.2) is 13.5 Å². The van der Waals surface area contributed by atoms with Gasteiger partial charge in [0, 0.05) is 19.2 Å². The first-order chi connectivity index (χ1) is 8.84. The highest BCUT2D eigenvalue weighted by molar-refractivity contribution is 7.92. The molecule has 0 fully saturated rings. The Morgan fingerprint density at radius 1 is 1.42 bits per heavy atom. The molecule has 1 heterocycles. The number of hydrogen-bond donors (Lipinski definition) is 0. The van der Waals surface area contributed by atoms with E-state index in [9.17, 15) is 13.2 Å². The molecule has 104 valence electrons. The minimum atomic E-state index is -3.26. The Morgan fingerprint density at radius 3 is 2.68 bits per heavy atom. The van der Waals surface area contributed by atoms with Crippen LogP contribution in [0.15, 0.2) is 18.2 Å². The lowest BCUT2D eigenvalue weighted by Gasteiger charge is -2.17. The Bertz CT molecular complexity index is 612. The molecular weight excluding hydrogens is 268 g/mol. The van der Waals surface area contributed by atoms with Crippen LogP contribution < -0.4 is 4.31 Å². The number of rotatable bonds is 3. The quantitative estimate of drug-likeness (QED) is 0.764. The van der Waals surface area contributed by atoms with Gasteiger partial charge < -0.3 is 0 Å². The van der Waals surface area contributed by atoms with E-state index in [1.807, 2.05) is 0 Å². The van der Waals surface area contributed by atoms with Gasteiger partial charge in [-0.05, 0) is 30.2 Å². The normalized spacial score (nSPS) is 14.4. The Kier molecular flexibility index (Phi) is 3.51. The van der Waals surface area contributed by atoms with Gasteiger partial charge in [-0.3, -0.25) is 13.9 Å². The summed E-state index contributed by atoms with van der Waals surface area (Å²) in [6, 6.07) is 5.00. The highest BCUT2D eigenvalue weighted by Crippen LogP contribution is 2.30. The fraction of sp³-hybridized carbons (Fsp3) is 0.417. The minimum Gasteiger partial charge on any atom is -0.274 e. The van der Waals surface area contributed by atoms with Crippen LogP contribution in [-0.2, 0) is 21.3 Å². The number of carbonyl (C=O) groups excluding carboxylic acids is 1. The molecule has 1 aliphatic heterocycles. The zero-order chi connectivity index (χ0) is 14.2. The minimum absolute atomic E-state index is 0.261. The van der Waals surface area contributed by atoms with Crippen LogP contribution in [0.1, 0.15) is 15.9 Å². The number of carbonyl (C=O) groups is 1. The van der Waals surface area contributed by atoms with Crippen LogP contribution >= 0.6 is 0 Å². The summed E-state index contributed by atoms with van der Waals surface area (Å²) in [5, 5.41) is 1.13. The lowest BCUT2D eigenvalue weighted by atomic mass is 10.1. The molecule has 2 rings (SSSR count). The summed E-state index contributed by atoms with van der Waals surface area (Å²) in [6.07, 6.45) is 1.79. The molecule has 1 aliphatic rings. The third kappa shape index (κ3) is 2.57. The largest absolute Gasteiger partial charge is 0.277 e. The third-order valence-corrected chi connectivity index (χ3v) is 4.32. The number of hydrogen-bond acceptors (Lipinski definition) is 4. The molecule has 0 saturated carbocycles. The molecule has 1 aromatic rings. The Labute approximate surface area is 112 Å². The predicted octanol–water partition coefficient (Wildman–Crippen LogP) is 0.642. The van der Waals surface area contributed by atoms with Gasteiger partial charge in [-0.1, -0.05) is 0 Å². The van der Waals surface area contributed by atoms with E-state index in [1.54, 1.807) is 18.2 Å². The summed E-state index contributed by atoms with van der Waals surface area (Å²) in [7, 11) is -0.317. The summed E-state index contributed by atoms with van der Waals surface area (Å²) in [5.41, 5.74) is 2.00. The Hall–Kier alpha value is -1.60. The van der Waals surface area contributed by atoms with Crippen molar-refractivity contribution in [1.82, 2.24) is 5.06 Å². The second-order valence-corrected chi connectivity index (χ2v) is 6.32. The molecule has 0 unspecified atom stereocenters. The molecule has 0 aliphatic carbocycles. The maximum absolute atomic E-state index is 11.9. The number of nitrogens with zero attached hydrogens (tertiary/aromatic N) is 2. The summed E-state index contributed by atoms with van der Waals surface area (Å²) in [4.78, 5) is 16.8. The number of benzene rings is 1. The number of sulfonamides is 1. The first kappa shape index (κ1) is 13.8. The average molecular weight is 284 g/mol. The van der Waals surface area contributed by atoms with E-state index in [0.29, 0.717) is 24.2 Å². The van der Waals surface area contributed by atoms with Crippen LogP contribution in [0.25, 0.3) is 0 Å². The van der Waals surface area contributed by atoms with Gasteiger partial charge in [0.05, 0.1) is 19.1 Å². The Balaban J connectivity index is 2.35. The third-order valence-electron chi connectivity index (χ3n) is 3.14. The summed E-state index contributed by atoms with van der Waals surface area (Å²) < 4.78 is 24.6. The molecule has 6 nitrogen and oxygen atoms in total. The molecule has 0 aromatic heterocycles. The van der Waals surface area contributed by atoms with Crippen LogP contribution in [0.2, 0.25) is 0 Å². The zero-order valence-corrected chi connectivity index (χ0v) is 11.9. The van der Waals surface area contributed by atoms with Gasteiger partial charge in [0.25, 0.3) is 5.91 Å². The van der Waals surface area contributed by atoms with Crippen molar-refractivity contribution in [1.29, 1.82) is 0 Å². The van der Waals surface area contributed by atoms with Crippen molar-refractivity contribution in [3.8, 4) is 0 Å².